The lowest BCUT2D eigenvalue weighted by Crippen LogP contribution is -2.74. The van der Waals surface area contributed by atoms with E-state index in [2.05, 4.69) is 5.16 Å². The molecule has 0 aromatic heterocycles. The van der Waals surface area contributed by atoms with Gasteiger partial charge in [-0.2, -0.15) is 0 Å². The summed E-state index contributed by atoms with van der Waals surface area (Å²) in [5.41, 5.74) is -6.17. The van der Waals surface area contributed by atoms with E-state index in [1.54, 1.807) is 124 Å². The topological polar surface area (TPSA) is 21.6 Å². The van der Waals surface area contributed by atoms with E-state index in [0.29, 0.717) is 32.6 Å². The van der Waals surface area contributed by atoms with Crippen molar-refractivity contribution >= 4 is 51.4 Å². The molecule has 0 bridgehead atoms. The van der Waals surface area contributed by atoms with Crippen molar-refractivity contribution in [1.82, 2.24) is 0 Å². The number of rotatable bonds is 10. The molecule has 0 heterocycles. The number of aryl methyl sites for hydroxylation is 3. The van der Waals surface area contributed by atoms with Gasteiger partial charge >= 0.3 is 0 Å². The Balaban J connectivity index is 1.82. The van der Waals surface area contributed by atoms with Crippen LogP contribution in [0.5, 0.6) is 0 Å². The standard InChI is InChI=1S/C46H29BF12NOP/c1-24-19-25(2)36(26(3)20-24)46(62(27-13-7-4-8-14-27,28-15-9-5-10-16-28)29-17-11-6-12-18-29)60-61-47(37-40(54)30(48)21-31(49)41(37)55,38-42(56)32(50)22-33(51)43(38)57)39-44(58)34(52)23-35(53)45(39)59/h4-23H,1-3H3/b60-46-. The Bertz CT molecular complexity index is 2550. The van der Waals surface area contributed by atoms with Gasteiger partial charge in [0.2, 0.25) is 5.45 Å². The third-order valence-corrected chi connectivity index (χ3v) is 14.8. The van der Waals surface area contributed by atoms with Gasteiger partial charge in [-0.05, 0) is 68.3 Å². The maximum absolute atomic E-state index is 16.5. The van der Waals surface area contributed by atoms with Gasteiger partial charge in [-0.1, -0.05) is 93.8 Å². The van der Waals surface area contributed by atoms with Gasteiger partial charge < -0.3 is 4.76 Å². The highest BCUT2D eigenvalue weighted by Crippen LogP contribution is 2.59. The monoisotopic (exact) mass is 881 g/mol. The lowest BCUT2D eigenvalue weighted by atomic mass is 9.27. The van der Waals surface area contributed by atoms with E-state index in [4.69, 9.17) is 4.76 Å². The second-order valence-electron chi connectivity index (χ2n) is 14.4. The Hall–Kier alpha value is -6.34. The summed E-state index contributed by atoms with van der Waals surface area (Å²) in [6.45, 7) is 4.93. The van der Waals surface area contributed by atoms with E-state index in [1.165, 1.54) is 0 Å². The van der Waals surface area contributed by atoms with Gasteiger partial charge in [0, 0.05) is 23.8 Å². The van der Waals surface area contributed by atoms with Gasteiger partial charge in [0.05, 0.1) is 0 Å². The second kappa shape index (κ2) is 16.8. The van der Waals surface area contributed by atoms with Gasteiger partial charge in [0.1, 0.15) is 50.8 Å². The fraction of sp³-hybridized carbons (Fsp3) is 0.0652. The molecule has 7 rings (SSSR count). The fourth-order valence-electron chi connectivity index (χ4n) is 8.14. The van der Waals surface area contributed by atoms with Crippen molar-refractivity contribution < 1.29 is 57.4 Å². The number of hydrogen-bond acceptors (Lipinski definition) is 2. The summed E-state index contributed by atoms with van der Waals surface area (Å²) < 4.78 is 198. The third-order valence-electron chi connectivity index (χ3n) is 10.6. The van der Waals surface area contributed by atoms with Crippen LogP contribution < -0.4 is 32.3 Å². The van der Waals surface area contributed by atoms with Crippen molar-refractivity contribution in [3.63, 3.8) is 0 Å². The van der Waals surface area contributed by atoms with E-state index >= 15 is 52.7 Å². The molecule has 0 spiro atoms. The average Bonchev–Trinajstić information content (AvgIpc) is 3.24. The molecule has 0 atom stereocenters. The van der Waals surface area contributed by atoms with E-state index in [-0.39, 0.29) is 11.0 Å². The number of hydrogen-bond donors (Lipinski definition) is 0. The molecule has 0 N–H and O–H groups in total. The Morgan fingerprint density at radius 1 is 0.419 bits per heavy atom. The summed E-state index contributed by atoms with van der Waals surface area (Å²) in [5, 5.41) is 5.61. The molecule has 0 aliphatic heterocycles. The first-order valence-electron chi connectivity index (χ1n) is 18.5. The highest BCUT2D eigenvalue weighted by Gasteiger charge is 2.55. The summed E-state index contributed by atoms with van der Waals surface area (Å²) in [4.78, 5) is 0. The Morgan fingerprint density at radius 3 is 0.968 bits per heavy atom. The molecule has 2 nitrogen and oxygen atoms in total. The molecule has 0 aliphatic rings. The van der Waals surface area contributed by atoms with Crippen molar-refractivity contribution in [3.8, 4) is 0 Å². The van der Waals surface area contributed by atoms with Crippen molar-refractivity contribution in [3.05, 3.63) is 213 Å². The lowest BCUT2D eigenvalue weighted by Gasteiger charge is -2.42. The Labute approximate surface area is 347 Å². The summed E-state index contributed by atoms with van der Waals surface area (Å²) in [7, 11) is -3.82. The van der Waals surface area contributed by atoms with Crippen LogP contribution in [0.2, 0.25) is 0 Å². The highest BCUT2D eigenvalue weighted by atomic mass is 31.2. The molecular weight excluding hydrogens is 852 g/mol. The quantitative estimate of drug-likeness (QED) is 0.0335. The minimum atomic E-state index is -5.98. The van der Waals surface area contributed by atoms with Gasteiger partial charge in [-0.25, -0.2) is 52.7 Å². The smallest absolute Gasteiger partial charge is 0.292 e. The zero-order chi connectivity index (χ0) is 44.8. The number of halogens is 12. The maximum atomic E-state index is 16.5. The summed E-state index contributed by atoms with van der Waals surface area (Å²) in [6.07, 6.45) is -5.98. The van der Waals surface area contributed by atoms with Crippen LogP contribution in [0.4, 0.5) is 52.7 Å². The maximum Gasteiger partial charge on any atom is 0.292 e. The van der Waals surface area contributed by atoms with Gasteiger partial charge in [-0.15, -0.1) is 0 Å². The zero-order valence-corrected chi connectivity index (χ0v) is 33.4. The Morgan fingerprint density at radius 2 is 0.694 bits per heavy atom. The molecule has 0 saturated carbocycles. The third kappa shape index (κ3) is 7.01. The van der Waals surface area contributed by atoms with E-state index < -0.39 is 118 Å². The molecule has 0 radical (unpaired) electrons. The van der Waals surface area contributed by atoms with Crippen LogP contribution in [0, 0.1) is 90.6 Å². The van der Waals surface area contributed by atoms with Crippen molar-refractivity contribution in [2.75, 3.05) is 0 Å². The highest BCUT2D eigenvalue weighted by molar-refractivity contribution is 8.09. The molecule has 0 aliphatic carbocycles. The van der Waals surface area contributed by atoms with Crippen LogP contribution in [-0.2, 0) is 4.76 Å². The van der Waals surface area contributed by atoms with Crippen LogP contribution in [-0.4, -0.2) is 11.8 Å². The Kier molecular flexibility index (Phi) is 11.9. The first-order valence-corrected chi connectivity index (χ1v) is 20.3. The number of benzene rings is 7. The van der Waals surface area contributed by atoms with Crippen LogP contribution in [0.25, 0.3) is 0 Å². The SMILES string of the molecule is Cc1cc(C)c(/C(=N/O[B-](c2c(F)c(F)cc(F)c2F)(c2c(F)c(F)cc(F)c2F)c2c(F)c(F)cc(F)c2F)[P+](c2ccccc2)(c2ccccc2)c2ccccc2)c(C)c1. The summed E-state index contributed by atoms with van der Waals surface area (Å²) in [6, 6.07) is 26.9. The first-order chi connectivity index (χ1) is 29.5. The van der Waals surface area contributed by atoms with Crippen molar-refractivity contribution in [2.45, 2.75) is 20.8 Å². The summed E-state index contributed by atoms with van der Waals surface area (Å²) in [5.74, 6) is -30.5. The van der Waals surface area contributed by atoms with Gasteiger partial charge in [0.25, 0.3) is 6.35 Å². The molecule has 7 aromatic rings. The number of oxime groups is 1. The second-order valence-corrected chi connectivity index (χ2v) is 17.7. The lowest BCUT2D eigenvalue weighted by molar-refractivity contribution is 0.339. The first kappa shape index (κ1) is 43.7. The van der Waals surface area contributed by atoms with Crippen LogP contribution >= 0.6 is 7.26 Å². The molecule has 0 amide bonds. The van der Waals surface area contributed by atoms with Crippen LogP contribution in [0.1, 0.15) is 22.3 Å². The normalized spacial score (nSPS) is 12.2. The molecule has 16 heteroatoms. The van der Waals surface area contributed by atoms with Crippen molar-refractivity contribution in [2.24, 2.45) is 5.16 Å². The van der Waals surface area contributed by atoms with Gasteiger partial charge in [-0.3, -0.25) is 0 Å². The average molecular weight is 882 g/mol. The minimum Gasteiger partial charge on any atom is -0.599 e. The number of nitrogens with zero attached hydrogens (tertiary/aromatic N) is 1. The van der Waals surface area contributed by atoms with E-state index in [0.717, 1.165) is 0 Å². The summed E-state index contributed by atoms with van der Waals surface area (Å²) >= 11 is 0. The van der Waals surface area contributed by atoms with Crippen LogP contribution in [0.15, 0.2) is 126 Å². The van der Waals surface area contributed by atoms with E-state index in [1.807, 2.05) is 0 Å². The molecule has 0 fully saturated rings. The molecule has 0 saturated heterocycles. The zero-order valence-electron chi connectivity index (χ0n) is 32.5. The molecule has 316 valence electrons. The van der Waals surface area contributed by atoms with Gasteiger partial charge in [0.15, 0.2) is 42.2 Å². The predicted octanol–water partition coefficient (Wildman–Crippen LogP) is 9.62. The molecular formula is C46H29BF12NOP. The van der Waals surface area contributed by atoms with Crippen LogP contribution in [0.3, 0.4) is 0 Å². The largest absolute Gasteiger partial charge is 0.599 e. The van der Waals surface area contributed by atoms with E-state index in [9.17, 15) is 0 Å². The molecule has 62 heavy (non-hydrogen) atoms. The predicted molar refractivity (Wildman–Crippen MR) is 217 cm³/mol. The fourth-order valence-corrected chi connectivity index (χ4v) is 12.5. The molecule has 7 aromatic carbocycles. The minimum absolute atomic E-state index is 0.134. The molecule has 0 unspecified atom stereocenters. The van der Waals surface area contributed by atoms with Crippen molar-refractivity contribution in [1.29, 1.82) is 0 Å².